The maximum Gasteiger partial charge on any atom is 0.165 e. The molecule has 1 aliphatic rings. The van der Waals surface area contributed by atoms with Gasteiger partial charge in [-0.1, -0.05) is 13.8 Å². The number of likely N-dealkylation sites (N-methyl/N-ethyl adjacent to an activating group) is 1. The van der Waals surface area contributed by atoms with E-state index in [2.05, 4.69) is 4.90 Å². The summed E-state index contributed by atoms with van der Waals surface area (Å²) < 4.78 is 5.38. The Hall–Kier alpha value is -0.410. The van der Waals surface area contributed by atoms with Gasteiger partial charge in [-0.3, -0.25) is 4.79 Å². The van der Waals surface area contributed by atoms with Crippen molar-refractivity contribution in [3.8, 4) is 0 Å². The van der Waals surface area contributed by atoms with Gasteiger partial charge in [-0.05, 0) is 7.05 Å². The first kappa shape index (κ1) is 9.68. The van der Waals surface area contributed by atoms with E-state index in [0.29, 0.717) is 6.61 Å². The molecule has 12 heavy (non-hydrogen) atoms. The van der Waals surface area contributed by atoms with Crippen LogP contribution >= 0.6 is 0 Å². The molecule has 0 unspecified atom stereocenters. The van der Waals surface area contributed by atoms with E-state index in [1.54, 1.807) is 0 Å². The molecule has 1 heterocycles. The summed E-state index contributed by atoms with van der Waals surface area (Å²) in [6.45, 7) is 6.19. The maximum atomic E-state index is 11.5. The molecule has 3 nitrogen and oxygen atoms in total. The van der Waals surface area contributed by atoms with E-state index in [9.17, 15) is 4.79 Å². The lowest BCUT2D eigenvalue weighted by atomic mass is 10.0. The number of carbonyl (C=O) groups excluding carboxylic acids is 1. The molecule has 0 amide bonds. The van der Waals surface area contributed by atoms with E-state index in [0.717, 1.165) is 13.1 Å². The molecule has 0 bridgehead atoms. The molecule has 1 rings (SSSR count). The lowest BCUT2D eigenvalue weighted by Crippen LogP contribution is -2.45. The topological polar surface area (TPSA) is 29.5 Å². The summed E-state index contributed by atoms with van der Waals surface area (Å²) in [4.78, 5) is 13.6. The predicted molar refractivity (Wildman–Crippen MR) is 47.1 cm³/mol. The molecule has 0 aromatic rings. The highest BCUT2D eigenvalue weighted by atomic mass is 16.5. The van der Waals surface area contributed by atoms with Crippen molar-refractivity contribution in [2.75, 3.05) is 26.7 Å². The zero-order valence-corrected chi connectivity index (χ0v) is 8.04. The first-order valence-corrected chi connectivity index (χ1v) is 4.45. The van der Waals surface area contributed by atoms with Crippen LogP contribution in [0.4, 0.5) is 0 Å². The summed E-state index contributed by atoms with van der Waals surface area (Å²) in [5, 5.41) is 0. The molecular weight excluding hydrogens is 154 g/mol. The van der Waals surface area contributed by atoms with Gasteiger partial charge in [0.15, 0.2) is 5.78 Å². The van der Waals surface area contributed by atoms with E-state index in [1.165, 1.54) is 0 Å². The molecule has 0 radical (unpaired) electrons. The van der Waals surface area contributed by atoms with Crippen LogP contribution in [0.5, 0.6) is 0 Å². The van der Waals surface area contributed by atoms with E-state index in [-0.39, 0.29) is 17.8 Å². The van der Waals surface area contributed by atoms with Crippen molar-refractivity contribution in [2.24, 2.45) is 5.92 Å². The van der Waals surface area contributed by atoms with Gasteiger partial charge in [-0.15, -0.1) is 0 Å². The zero-order valence-electron chi connectivity index (χ0n) is 8.04. The average molecular weight is 171 g/mol. The fourth-order valence-corrected chi connectivity index (χ4v) is 1.32. The van der Waals surface area contributed by atoms with Crippen molar-refractivity contribution >= 4 is 5.78 Å². The van der Waals surface area contributed by atoms with Gasteiger partial charge in [-0.2, -0.15) is 0 Å². The van der Waals surface area contributed by atoms with Crippen LogP contribution in [0, 0.1) is 5.92 Å². The number of carbonyl (C=O) groups is 1. The third-order valence-electron chi connectivity index (χ3n) is 2.16. The summed E-state index contributed by atoms with van der Waals surface area (Å²) in [6.07, 6.45) is -0.191. The van der Waals surface area contributed by atoms with Crippen molar-refractivity contribution in [1.82, 2.24) is 4.90 Å². The van der Waals surface area contributed by atoms with Gasteiger partial charge < -0.3 is 9.64 Å². The second-order valence-electron chi connectivity index (χ2n) is 3.68. The SMILES string of the molecule is CC(C)C(=O)[C@H]1CN(C)CCO1. The molecule has 0 aromatic heterocycles. The molecular formula is C9H17NO2. The Morgan fingerprint density at radius 1 is 1.58 bits per heavy atom. The number of ether oxygens (including phenoxy) is 1. The van der Waals surface area contributed by atoms with Crippen molar-refractivity contribution < 1.29 is 9.53 Å². The van der Waals surface area contributed by atoms with Crippen molar-refractivity contribution in [3.63, 3.8) is 0 Å². The van der Waals surface area contributed by atoms with Crippen LogP contribution < -0.4 is 0 Å². The van der Waals surface area contributed by atoms with Gasteiger partial charge >= 0.3 is 0 Å². The Kier molecular flexibility index (Phi) is 3.23. The van der Waals surface area contributed by atoms with Crippen molar-refractivity contribution in [1.29, 1.82) is 0 Å². The van der Waals surface area contributed by atoms with Crippen LogP contribution in [-0.2, 0) is 9.53 Å². The van der Waals surface area contributed by atoms with Crippen LogP contribution in [0.25, 0.3) is 0 Å². The monoisotopic (exact) mass is 171 g/mol. The minimum absolute atomic E-state index is 0.0847. The number of hydrogen-bond donors (Lipinski definition) is 0. The van der Waals surface area contributed by atoms with E-state index in [1.807, 2.05) is 20.9 Å². The van der Waals surface area contributed by atoms with Crippen LogP contribution in [0.1, 0.15) is 13.8 Å². The third-order valence-corrected chi connectivity index (χ3v) is 2.16. The van der Waals surface area contributed by atoms with E-state index >= 15 is 0 Å². The lowest BCUT2D eigenvalue weighted by molar-refractivity contribution is -0.138. The molecule has 1 saturated heterocycles. The third kappa shape index (κ3) is 2.29. The normalized spacial score (nSPS) is 26.2. The van der Waals surface area contributed by atoms with Crippen LogP contribution in [0.15, 0.2) is 0 Å². The molecule has 1 atom stereocenters. The van der Waals surface area contributed by atoms with Crippen LogP contribution in [0.3, 0.4) is 0 Å². The number of hydrogen-bond acceptors (Lipinski definition) is 3. The Labute approximate surface area is 73.7 Å². The predicted octanol–water partition coefficient (Wildman–Crippen LogP) is 0.542. The minimum atomic E-state index is -0.191. The first-order chi connectivity index (χ1) is 5.61. The zero-order chi connectivity index (χ0) is 9.14. The molecule has 70 valence electrons. The van der Waals surface area contributed by atoms with E-state index in [4.69, 9.17) is 4.74 Å². The van der Waals surface area contributed by atoms with Gasteiger partial charge in [0, 0.05) is 19.0 Å². The molecule has 1 aliphatic heterocycles. The summed E-state index contributed by atoms with van der Waals surface area (Å²) in [7, 11) is 2.02. The highest BCUT2D eigenvalue weighted by Crippen LogP contribution is 2.08. The number of morpholine rings is 1. The average Bonchev–Trinajstić information content (AvgIpc) is 2.03. The Bertz CT molecular complexity index is 168. The largest absolute Gasteiger partial charge is 0.368 e. The number of nitrogens with zero attached hydrogens (tertiary/aromatic N) is 1. The van der Waals surface area contributed by atoms with E-state index < -0.39 is 0 Å². The number of ketones is 1. The van der Waals surface area contributed by atoms with Crippen LogP contribution in [-0.4, -0.2) is 43.5 Å². The Morgan fingerprint density at radius 2 is 2.25 bits per heavy atom. The molecule has 0 aliphatic carbocycles. The smallest absolute Gasteiger partial charge is 0.165 e. The fraction of sp³-hybridized carbons (Fsp3) is 0.889. The van der Waals surface area contributed by atoms with Gasteiger partial charge in [-0.25, -0.2) is 0 Å². The molecule has 0 aromatic carbocycles. The van der Waals surface area contributed by atoms with Gasteiger partial charge in [0.1, 0.15) is 6.10 Å². The first-order valence-electron chi connectivity index (χ1n) is 4.45. The van der Waals surface area contributed by atoms with Gasteiger partial charge in [0.2, 0.25) is 0 Å². The van der Waals surface area contributed by atoms with Crippen LogP contribution in [0.2, 0.25) is 0 Å². The molecule has 0 N–H and O–H groups in total. The fourth-order valence-electron chi connectivity index (χ4n) is 1.32. The standard InChI is InChI=1S/C9H17NO2/c1-7(2)9(11)8-6-10(3)4-5-12-8/h7-8H,4-6H2,1-3H3/t8-/m1/s1. The molecule has 3 heteroatoms. The molecule has 0 spiro atoms. The second kappa shape index (κ2) is 4.01. The summed E-state index contributed by atoms with van der Waals surface area (Å²) in [5.41, 5.74) is 0. The number of rotatable bonds is 2. The minimum Gasteiger partial charge on any atom is -0.368 e. The Morgan fingerprint density at radius 3 is 2.75 bits per heavy atom. The maximum absolute atomic E-state index is 11.5. The Balaban J connectivity index is 2.46. The highest BCUT2D eigenvalue weighted by molar-refractivity contribution is 5.85. The van der Waals surface area contributed by atoms with Gasteiger partial charge in [0.25, 0.3) is 0 Å². The second-order valence-corrected chi connectivity index (χ2v) is 3.68. The molecule has 0 saturated carbocycles. The molecule has 1 fully saturated rings. The summed E-state index contributed by atoms with van der Waals surface area (Å²) >= 11 is 0. The van der Waals surface area contributed by atoms with Crippen molar-refractivity contribution in [2.45, 2.75) is 20.0 Å². The quantitative estimate of drug-likeness (QED) is 0.607. The lowest BCUT2D eigenvalue weighted by Gasteiger charge is -2.29. The summed E-state index contributed by atoms with van der Waals surface area (Å²) in [5.74, 6) is 0.308. The number of Topliss-reactive ketones (excluding diaryl/α,β-unsaturated/α-hetero) is 1. The highest BCUT2D eigenvalue weighted by Gasteiger charge is 2.26. The van der Waals surface area contributed by atoms with Crippen molar-refractivity contribution in [3.05, 3.63) is 0 Å². The summed E-state index contributed by atoms with van der Waals surface area (Å²) in [6, 6.07) is 0. The van der Waals surface area contributed by atoms with Gasteiger partial charge in [0.05, 0.1) is 6.61 Å².